The van der Waals surface area contributed by atoms with Gasteiger partial charge in [-0.15, -0.1) is 0 Å². The van der Waals surface area contributed by atoms with E-state index in [1.807, 2.05) is 19.9 Å². The molecule has 0 radical (unpaired) electrons. The third-order valence-corrected chi connectivity index (χ3v) is 2.46. The van der Waals surface area contributed by atoms with Crippen molar-refractivity contribution in [2.45, 2.75) is 13.8 Å². The Kier molecular flexibility index (Phi) is 3.86. The molecule has 0 spiro atoms. The maximum Gasteiger partial charge on any atom is 0.192 e. The van der Waals surface area contributed by atoms with Crippen LogP contribution in [0.3, 0.4) is 0 Å². The smallest absolute Gasteiger partial charge is 0.192 e. The van der Waals surface area contributed by atoms with E-state index in [1.54, 1.807) is 13.2 Å². The lowest BCUT2D eigenvalue weighted by Gasteiger charge is -2.12. The van der Waals surface area contributed by atoms with Crippen LogP contribution in [-0.4, -0.2) is 26.6 Å². The van der Waals surface area contributed by atoms with E-state index in [0.717, 1.165) is 11.1 Å². The van der Waals surface area contributed by atoms with Gasteiger partial charge in [-0.05, 0) is 31.0 Å². The van der Waals surface area contributed by atoms with Gasteiger partial charge in [-0.3, -0.25) is 4.79 Å². The molecule has 0 aromatic heterocycles. The van der Waals surface area contributed by atoms with Gasteiger partial charge in [0.25, 0.3) is 0 Å². The molecule has 1 rings (SSSR count). The Balaban J connectivity index is 3.18. The van der Waals surface area contributed by atoms with E-state index in [2.05, 4.69) is 0 Å². The molecule has 0 fully saturated rings. The molecular weight excluding hydrogens is 192 g/mol. The standard InChI is InChI=1S/C12H16O3/c1-8-5-6-10(11(13)7-14-3)12(15-4)9(8)2/h5-6H,7H2,1-4H3. The Morgan fingerprint density at radius 3 is 2.47 bits per heavy atom. The first-order valence-electron chi connectivity index (χ1n) is 4.78. The van der Waals surface area contributed by atoms with Crippen molar-refractivity contribution >= 4 is 5.78 Å². The van der Waals surface area contributed by atoms with E-state index in [9.17, 15) is 4.79 Å². The molecular formula is C12H16O3. The van der Waals surface area contributed by atoms with Crippen molar-refractivity contribution in [1.29, 1.82) is 0 Å². The predicted molar refractivity (Wildman–Crippen MR) is 58.7 cm³/mol. The summed E-state index contributed by atoms with van der Waals surface area (Å²) < 4.78 is 10.1. The average molecular weight is 208 g/mol. The van der Waals surface area contributed by atoms with Crippen LogP contribution in [-0.2, 0) is 4.74 Å². The molecule has 0 saturated carbocycles. The lowest BCUT2D eigenvalue weighted by molar-refractivity contribution is 0.0845. The molecule has 82 valence electrons. The van der Waals surface area contributed by atoms with E-state index in [4.69, 9.17) is 9.47 Å². The minimum absolute atomic E-state index is 0.0579. The first kappa shape index (κ1) is 11.7. The topological polar surface area (TPSA) is 35.5 Å². The number of hydrogen-bond acceptors (Lipinski definition) is 3. The predicted octanol–water partition coefficient (Wildman–Crippen LogP) is 2.14. The highest BCUT2D eigenvalue weighted by Crippen LogP contribution is 2.26. The summed E-state index contributed by atoms with van der Waals surface area (Å²) in [4.78, 5) is 11.7. The molecule has 1 aromatic carbocycles. The number of methoxy groups -OCH3 is 2. The highest BCUT2D eigenvalue weighted by atomic mass is 16.5. The van der Waals surface area contributed by atoms with Crippen molar-refractivity contribution in [2.75, 3.05) is 20.8 Å². The van der Waals surface area contributed by atoms with Crippen molar-refractivity contribution in [2.24, 2.45) is 0 Å². The van der Waals surface area contributed by atoms with E-state index >= 15 is 0 Å². The molecule has 3 heteroatoms. The second kappa shape index (κ2) is 4.94. The summed E-state index contributed by atoms with van der Waals surface area (Å²) in [6.07, 6.45) is 0. The monoisotopic (exact) mass is 208 g/mol. The Hall–Kier alpha value is -1.35. The fourth-order valence-electron chi connectivity index (χ4n) is 1.48. The van der Waals surface area contributed by atoms with Gasteiger partial charge in [-0.1, -0.05) is 6.07 Å². The summed E-state index contributed by atoms with van der Waals surface area (Å²) >= 11 is 0. The van der Waals surface area contributed by atoms with Crippen LogP contribution in [0.4, 0.5) is 0 Å². The van der Waals surface area contributed by atoms with Crippen LogP contribution < -0.4 is 4.74 Å². The average Bonchev–Trinajstić information content (AvgIpc) is 2.22. The molecule has 0 aliphatic rings. The fraction of sp³-hybridized carbons (Fsp3) is 0.417. The molecule has 0 N–H and O–H groups in total. The maximum atomic E-state index is 11.7. The molecule has 3 nitrogen and oxygen atoms in total. The summed E-state index contributed by atoms with van der Waals surface area (Å²) in [5.41, 5.74) is 2.70. The van der Waals surface area contributed by atoms with Crippen molar-refractivity contribution in [3.05, 3.63) is 28.8 Å². The Labute approximate surface area is 90.0 Å². The third kappa shape index (κ3) is 2.36. The molecule has 0 aliphatic heterocycles. The lowest BCUT2D eigenvalue weighted by Crippen LogP contribution is -2.09. The van der Waals surface area contributed by atoms with Gasteiger partial charge in [0.1, 0.15) is 12.4 Å². The molecule has 0 unspecified atom stereocenters. The van der Waals surface area contributed by atoms with Crippen molar-refractivity contribution in [3.8, 4) is 5.75 Å². The third-order valence-electron chi connectivity index (χ3n) is 2.46. The first-order valence-corrected chi connectivity index (χ1v) is 4.78. The Morgan fingerprint density at radius 2 is 1.93 bits per heavy atom. The number of carbonyl (C=O) groups is 1. The number of hydrogen-bond donors (Lipinski definition) is 0. The van der Waals surface area contributed by atoms with Gasteiger partial charge in [0, 0.05) is 7.11 Å². The molecule has 0 atom stereocenters. The lowest BCUT2D eigenvalue weighted by atomic mass is 10.0. The second-order valence-electron chi connectivity index (χ2n) is 3.44. The minimum atomic E-state index is -0.0579. The van der Waals surface area contributed by atoms with Crippen molar-refractivity contribution < 1.29 is 14.3 Å². The zero-order chi connectivity index (χ0) is 11.4. The van der Waals surface area contributed by atoms with E-state index in [-0.39, 0.29) is 12.4 Å². The molecule has 0 heterocycles. The minimum Gasteiger partial charge on any atom is -0.496 e. The molecule has 15 heavy (non-hydrogen) atoms. The van der Waals surface area contributed by atoms with Crippen LogP contribution in [0.5, 0.6) is 5.75 Å². The van der Waals surface area contributed by atoms with Crippen LogP contribution in [0.15, 0.2) is 12.1 Å². The normalized spacial score (nSPS) is 10.1. The van der Waals surface area contributed by atoms with E-state index in [0.29, 0.717) is 11.3 Å². The Bertz CT molecular complexity index is 369. The Morgan fingerprint density at radius 1 is 1.27 bits per heavy atom. The zero-order valence-corrected chi connectivity index (χ0v) is 9.59. The van der Waals surface area contributed by atoms with Gasteiger partial charge in [0.15, 0.2) is 5.78 Å². The van der Waals surface area contributed by atoms with Gasteiger partial charge >= 0.3 is 0 Å². The number of benzene rings is 1. The van der Waals surface area contributed by atoms with Crippen molar-refractivity contribution in [1.82, 2.24) is 0 Å². The molecule has 0 aliphatic carbocycles. The van der Waals surface area contributed by atoms with Gasteiger partial charge in [-0.2, -0.15) is 0 Å². The number of carbonyl (C=O) groups excluding carboxylic acids is 1. The zero-order valence-electron chi connectivity index (χ0n) is 9.59. The van der Waals surface area contributed by atoms with Gasteiger partial charge < -0.3 is 9.47 Å². The number of ether oxygens (including phenoxy) is 2. The number of Topliss-reactive ketones (excluding diaryl/α,β-unsaturated/α-hetero) is 1. The molecule has 1 aromatic rings. The van der Waals surface area contributed by atoms with Gasteiger partial charge in [-0.25, -0.2) is 0 Å². The highest BCUT2D eigenvalue weighted by molar-refractivity contribution is 6.00. The largest absolute Gasteiger partial charge is 0.496 e. The summed E-state index contributed by atoms with van der Waals surface area (Å²) in [5, 5.41) is 0. The SMILES string of the molecule is COCC(=O)c1ccc(C)c(C)c1OC. The molecule has 0 bridgehead atoms. The second-order valence-corrected chi connectivity index (χ2v) is 3.44. The summed E-state index contributed by atoms with van der Waals surface area (Å²) in [5.74, 6) is 0.592. The first-order chi connectivity index (χ1) is 7.11. The maximum absolute atomic E-state index is 11.7. The van der Waals surface area contributed by atoms with E-state index < -0.39 is 0 Å². The van der Waals surface area contributed by atoms with Gasteiger partial charge in [0.2, 0.25) is 0 Å². The summed E-state index contributed by atoms with van der Waals surface area (Å²) in [6, 6.07) is 3.70. The van der Waals surface area contributed by atoms with Crippen LogP contribution in [0.2, 0.25) is 0 Å². The van der Waals surface area contributed by atoms with Crippen LogP contribution >= 0.6 is 0 Å². The number of ketones is 1. The highest BCUT2D eigenvalue weighted by Gasteiger charge is 2.14. The molecule has 0 saturated heterocycles. The van der Waals surface area contributed by atoms with Crippen LogP contribution in [0.1, 0.15) is 21.5 Å². The van der Waals surface area contributed by atoms with E-state index in [1.165, 1.54) is 7.11 Å². The number of aryl methyl sites for hydroxylation is 1. The van der Waals surface area contributed by atoms with Crippen LogP contribution in [0.25, 0.3) is 0 Å². The summed E-state index contributed by atoms with van der Waals surface area (Å²) in [6.45, 7) is 4.01. The van der Waals surface area contributed by atoms with Crippen LogP contribution in [0, 0.1) is 13.8 Å². The van der Waals surface area contributed by atoms with Gasteiger partial charge in [0.05, 0.1) is 12.7 Å². The fourth-order valence-corrected chi connectivity index (χ4v) is 1.48. The van der Waals surface area contributed by atoms with Crippen molar-refractivity contribution in [3.63, 3.8) is 0 Å². The molecule has 0 amide bonds. The number of rotatable bonds is 4. The summed E-state index contributed by atoms with van der Waals surface area (Å²) in [7, 11) is 3.08. The quantitative estimate of drug-likeness (QED) is 0.711.